The number of rotatable bonds is 5. The van der Waals surface area contributed by atoms with Crippen molar-refractivity contribution >= 4 is 11.9 Å². The second-order valence-corrected chi connectivity index (χ2v) is 5.59. The monoisotopic (exact) mass is 330 g/mol. The highest BCUT2D eigenvalue weighted by Crippen LogP contribution is 2.22. The lowest BCUT2D eigenvalue weighted by Gasteiger charge is -2.18. The molecule has 1 aromatic carbocycles. The van der Waals surface area contributed by atoms with Gasteiger partial charge in [-0.25, -0.2) is 4.79 Å². The van der Waals surface area contributed by atoms with Gasteiger partial charge in [0, 0.05) is 24.8 Å². The summed E-state index contributed by atoms with van der Waals surface area (Å²) in [6.45, 7) is 3.88. The minimum atomic E-state index is -0.451. The van der Waals surface area contributed by atoms with Crippen LogP contribution >= 0.6 is 0 Å². The number of carbonyl (C=O) groups is 2. The molecule has 1 heterocycles. The number of amides is 1. The maximum atomic E-state index is 12.7. The number of carbonyl (C=O) groups excluding carboxylic acids is 2. The molecule has 1 amide bonds. The predicted molar refractivity (Wildman–Crippen MR) is 90.4 cm³/mol. The number of para-hydroxylation sites is 1. The Balaban J connectivity index is 2.27. The Bertz CT molecular complexity index is 764. The first-order valence-electron chi connectivity index (χ1n) is 7.55. The van der Waals surface area contributed by atoms with E-state index in [1.54, 1.807) is 32.9 Å². The lowest BCUT2D eigenvalue weighted by molar-refractivity contribution is 0.0599. The maximum Gasteiger partial charge on any atom is 0.339 e. The summed E-state index contributed by atoms with van der Waals surface area (Å²) in [7, 11) is 4.63. The van der Waals surface area contributed by atoms with E-state index in [0.29, 0.717) is 29.1 Å². The van der Waals surface area contributed by atoms with Crippen molar-refractivity contribution in [1.82, 2.24) is 9.88 Å². The molecule has 2 rings (SSSR count). The average Bonchev–Trinajstić information content (AvgIpc) is 2.88. The van der Waals surface area contributed by atoms with Crippen molar-refractivity contribution in [2.45, 2.75) is 20.4 Å². The molecule has 0 aliphatic heterocycles. The quantitative estimate of drug-likeness (QED) is 0.856. The Hall–Kier alpha value is -2.76. The second kappa shape index (κ2) is 7.21. The van der Waals surface area contributed by atoms with Crippen LogP contribution in [0.1, 0.15) is 37.7 Å². The molecule has 0 spiro atoms. The SMILES string of the molecule is COC(=O)c1c(C)[nH]c(C(=O)N(C)Cc2ccccc2OC)c1C. The molecule has 6 heteroatoms. The fourth-order valence-corrected chi connectivity index (χ4v) is 2.72. The van der Waals surface area contributed by atoms with Crippen molar-refractivity contribution in [3.05, 3.63) is 52.3 Å². The Morgan fingerprint density at radius 3 is 2.46 bits per heavy atom. The van der Waals surface area contributed by atoms with E-state index in [1.807, 2.05) is 24.3 Å². The number of hydrogen-bond donors (Lipinski definition) is 1. The van der Waals surface area contributed by atoms with Gasteiger partial charge >= 0.3 is 5.97 Å². The van der Waals surface area contributed by atoms with Crippen molar-refractivity contribution in [2.24, 2.45) is 0 Å². The molecule has 128 valence electrons. The van der Waals surface area contributed by atoms with Gasteiger partial charge in [0.05, 0.1) is 19.8 Å². The van der Waals surface area contributed by atoms with E-state index in [4.69, 9.17) is 9.47 Å². The number of nitrogens with zero attached hydrogens (tertiary/aromatic N) is 1. The number of ether oxygens (including phenoxy) is 2. The molecule has 0 aliphatic carbocycles. The van der Waals surface area contributed by atoms with Gasteiger partial charge < -0.3 is 19.4 Å². The average molecular weight is 330 g/mol. The van der Waals surface area contributed by atoms with Crippen LogP contribution < -0.4 is 4.74 Å². The van der Waals surface area contributed by atoms with Crippen LogP contribution in [-0.2, 0) is 11.3 Å². The van der Waals surface area contributed by atoms with Gasteiger partial charge in [0.2, 0.25) is 0 Å². The summed E-state index contributed by atoms with van der Waals surface area (Å²) in [5.74, 6) is 0.0797. The zero-order valence-corrected chi connectivity index (χ0v) is 14.6. The van der Waals surface area contributed by atoms with Crippen molar-refractivity contribution in [2.75, 3.05) is 21.3 Å². The normalized spacial score (nSPS) is 10.4. The number of H-pyrrole nitrogens is 1. The number of esters is 1. The molecule has 0 fully saturated rings. The third-order valence-corrected chi connectivity index (χ3v) is 3.99. The van der Waals surface area contributed by atoms with Crippen molar-refractivity contribution in [3.63, 3.8) is 0 Å². The van der Waals surface area contributed by atoms with Crippen LogP contribution in [-0.4, -0.2) is 43.0 Å². The first-order chi connectivity index (χ1) is 11.4. The number of aryl methyl sites for hydroxylation is 1. The molecule has 6 nitrogen and oxygen atoms in total. The van der Waals surface area contributed by atoms with E-state index >= 15 is 0 Å². The molecule has 0 unspecified atom stereocenters. The van der Waals surface area contributed by atoms with Crippen LogP contribution in [0.5, 0.6) is 5.75 Å². The molecule has 0 bridgehead atoms. The summed E-state index contributed by atoms with van der Waals surface area (Å²) in [4.78, 5) is 29.2. The first kappa shape index (κ1) is 17.6. The smallest absolute Gasteiger partial charge is 0.339 e. The molecule has 0 saturated heterocycles. The number of nitrogens with one attached hydrogen (secondary N) is 1. The van der Waals surface area contributed by atoms with Gasteiger partial charge in [0.15, 0.2) is 0 Å². The number of aromatic amines is 1. The van der Waals surface area contributed by atoms with Crippen LogP contribution in [0.2, 0.25) is 0 Å². The zero-order valence-electron chi connectivity index (χ0n) is 14.6. The zero-order chi connectivity index (χ0) is 17.9. The Morgan fingerprint density at radius 2 is 1.83 bits per heavy atom. The van der Waals surface area contributed by atoms with Gasteiger partial charge in [-0.05, 0) is 25.5 Å². The topological polar surface area (TPSA) is 71.6 Å². The summed E-state index contributed by atoms with van der Waals surface area (Å²) in [5, 5.41) is 0. The van der Waals surface area contributed by atoms with Crippen LogP contribution in [0.15, 0.2) is 24.3 Å². The van der Waals surface area contributed by atoms with Gasteiger partial charge in [-0.2, -0.15) is 0 Å². The van der Waals surface area contributed by atoms with Crippen molar-refractivity contribution < 1.29 is 19.1 Å². The van der Waals surface area contributed by atoms with Crippen molar-refractivity contribution in [1.29, 1.82) is 0 Å². The number of benzene rings is 1. The Morgan fingerprint density at radius 1 is 1.17 bits per heavy atom. The third-order valence-electron chi connectivity index (χ3n) is 3.99. The second-order valence-electron chi connectivity index (χ2n) is 5.59. The molecule has 2 aromatic rings. The number of methoxy groups -OCH3 is 2. The van der Waals surface area contributed by atoms with E-state index < -0.39 is 5.97 Å². The van der Waals surface area contributed by atoms with Crippen molar-refractivity contribution in [3.8, 4) is 5.75 Å². The van der Waals surface area contributed by atoms with Crippen LogP contribution in [0.25, 0.3) is 0 Å². The minimum Gasteiger partial charge on any atom is -0.496 e. The summed E-state index contributed by atoms with van der Waals surface area (Å²) in [5.41, 5.74) is 2.92. The van der Waals surface area contributed by atoms with Gasteiger partial charge in [-0.15, -0.1) is 0 Å². The Labute approximate surface area is 141 Å². The molecule has 1 aromatic heterocycles. The molecular weight excluding hydrogens is 308 g/mol. The highest BCUT2D eigenvalue weighted by atomic mass is 16.5. The summed E-state index contributed by atoms with van der Waals surface area (Å²) in [6.07, 6.45) is 0. The summed E-state index contributed by atoms with van der Waals surface area (Å²) in [6, 6.07) is 7.54. The molecule has 24 heavy (non-hydrogen) atoms. The summed E-state index contributed by atoms with van der Waals surface area (Å²) >= 11 is 0. The van der Waals surface area contributed by atoms with Gasteiger partial charge in [0.25, 0.3) is 5.91 Å². The maximum absolute atomic E-state index is 12.7. The lowest BCUT2D eigenvalue weighted by Crippen LogP contribution is -2.27. The molecule has 0 atom stereocenters. The fraction of sp³-hybridized carbons (Fsp3) is 0.333. The standard InChI is InChI=1S/C18H22N2O4/c1-11-15(18(22)24-5)12(2)19-16(11)17(21)20(3)10-13-8-6-7-9-14(13)23-4/h6-9,19H,10H2,1-5H3. The summed E-state index contributed by atoms with van der Waals surface area (Å²) < 4.78 is 10.1. The predicted octanol–water partition coefficient (Wildman–Crippen LogP) is 2.70. The highest BCUT2D eigenvalue weighted by molar-refractivity contribution is 6.00. The van der Waals surface area contributed by atoms with Crippen LogP contribution in [0.4, 0.5) is 0 Å². The van der Waals surface area contributed by atoms with E-state index in [-0.39, 0.29) is 5.91 Å². The first-order valence-corrected chi connectivity index (χ1v) is 7.55. The Kier molecular flexibility index (Phi) is 5.28. The van der Waals surface area contributed by atoms with E-state index in [2.05, 4.69) is 4.98 Å². The number of hydrogen-bond acceptors (Lipinski definition) is 4. The van der Waals surface area contributed by atoms with Crippen LogP contribution in [0.3, 0.4) is 0 Å². The van der Waals surface area contributed by atoms with Crippen LogP contribution in [0, 0.1) is 13.8 Å². The highest BCUT2D eigenvalue weighted by Gasteiger charge is 2.24. The fourth-order valence-electron chi connectivity index (χ4n) is 2.72. The van der Waals surface area contributed by atoms with Gasteiger partial charge in [-0.3, -0.25) is 4.79 Å². The molecule has 1 N–H and O–H groups in total. The van der Waals surface area contributed by atoms with Gasteiger partial charge in [0.1, 0.15) is 11.4 Å². The lowest BCUT2D eigenvalue weighted by atomic mass is 10.1. The molecule has 0 aliphatic rings. The minimum absolute atomic E-state index is 0.198. The van der Waals surface area contributed by atoms with E-state index in [1.165, 1.54) is 7.11 Å². The molecule has 0 saturated carbocycles. The van der Waals surface area contributed by atoms with Gasteiger partial charge in [-0.1, -0.05) is 18.2 Å². The molecule has 0 radical (unpaired) electrons. The third kappa shape index (κ3) is 3.27. The number of aromatic nitrogens is 1. The van der Waals surface area contributed by atoms with E-state index in [0.717, 1.165) is 11.3 Å². The van der Waals surface area contributed by atoms with E-state index in [9.17, 15) is 9.59 Å². The largest absolute Gasteiger partial charge is 0.496 e. The molecular formula is C18H22N2O4.